The Hall–Kier alpha value is -2.71. The lowest BCUT2D eigenvalue weighted by atomic mass is 10.0. The number of carbonyl (C=O) groups is 1. The number of likely N-dealkylation sites (tertiary alicyclic amines) is 1. The number of aromatic nitrogens is 2. The van der Waals surface area contributed by atoms with Crippen LogP contribution >= 0.6 is 0 Å². The van der Waals surface area contributed by atoms with Gasteiger partial charge in [-0.1, -0.05) is 0 Å². The van der Waals surface area contributed by atoms with E-state index in [1.54, 1.807) is 0 Å². The van der Waals surface area contributed by atoms with Gasteiger partial charge in [-0.3, -0.25) is 0 Å². The van der Waals surface area contributed by atoms with Crippen molar-refractivity contribution in [1.82, 2.24) is 19.8 Å². The Morgan fingerprint density at radius 2 is 1.90 bits per heavy atom. The monoisotopic (exact) mass is 421 g/mol. The van der Waals surface area contributed by atoms with Gasteiger partial charge < -0.3 is 19.7 Å². The van der Waals surface area contributed by atoms with Gasteiger partial charge in [-0.25, -0.2) is 9.78 Å². The average molecular weight is 421 g/mol. The molecule has 2 fully saturated rings. The summed E-state index contributed by atoms with van der Waals surface area (Å²) in [5.74, 6) is 0.538. The van der Waals surface area contributed by atoms with Gasteiger partial charge in [0.2, 0.25) is 0 Å². The SMILES string of the molecule is Cn1cccc1C1CCCN1C(=O)NC1CCN(c2ccc(C(F)(F)F)cn2)CC1. The van der Waals surface area contributed by atoms with E-state index in [0.29, 0.717) is 18.9 Å². The number of carbonyl (C=O) groups excluding carboxylic acids is 1. The van der Waals surface area contributed by atoms with E-state index in [1.807, 2.05) is 29.1 Å². The number of alkyl halides is 3. The predicted molar refractivity (Wildman–Crippen MR) is 107 cm³/mol. The van der Waals surface area contributed by atoms with Crippen molar-refractivity contribution in [2.75, 3.05) is 24.5 Å². The van der Waals surface area contributed by atoms with Gasteiger partial charge in [0, 0.05) is 50.8 Å². The summed E-state index contributed by atoms with van der Waals surface area (Å²) in [5.41, 5.74) is 0.401. The first kappa shape index (κ1) is 20.6. The predicted octanol–water partition coefficient (Wildman–Crippen LogP) is 3.95. The molecule has 9 heteroatoms. The van der Waals surface area contributed by atoms with Gasteiger partial charge >= 0.3 is 12.2 Å². The zero-order chi connectivity index (χ0) is 21.3. The highest BCUT2D eigenvalue weighted by atomic mass is 19.4. The normalized spacial score (nSPS) is 20.6. The second-order valence-electron chi connectivity index (χ2n) is 8.01. The van der Waals surface area contributed by atoms with Crippen LogP contribution in [-0.4, -0.2) is 46.2 Å². The summed E-state index contributed by atoms with van der Waals surface area (Å²) in [7, 11) is 1.99. The highest BCUT2D eigenvalue weighted by molar-refractivity contribution is 5.75. The molecule has 2 aliphatic rings. The fourth-order valence-electron chi connectivity index (χ4n) is 4.39. The lowest BCUT2D eigenvalue weighted by molar-refractivity contribution is -0.137. The van der Waals surface area contributed by atoms with E-state index >= 15 is 0 Å². The number of halogens is 3. The van der Waals surface area contributed by atoms with Crippen LogP contribution in [-0.2, 0) is 13.2 Å². The molecule has 2 amide bonds. The van der Waals surface area contributed by atoms with Gasteiger partial charge in [0.1, 0.15) is 5.82 Å². The topological polar surface area (TPSA) is 53.4 Å². The molecule has 2 saturated heterocycles. The van der Waals surface area contributed by atoms with Gasteiger partial charge in [0.05, 0.1) is 11.6 Å². The van der Waals surface area contributed by atoms with E-state index < -0.39 is 11.7 Å². The van der Waals surface area contributed by atoms with Crippen LogP contribution in [0.15, 0.2) is 36.7 Å². The Bertz CT molecular complexity index is 872. The van der Waals surface area contributed by atoms with Crippen molar-refractivity contribution in [3.05, 3.63) is 47.9 Å². The van der Waals surface area contributed by atoms with Crippen molar-refractivity contribution in [3.63, 3.8) is 0 Å². The van der Waals surface area contributed by atoms with Crippen LogP contribution in [0.5, 0.6) is 0 Å². The number of hydrogen-bond donors (Lipinski definition) is 1. The first-order valence-corrected chi connectivity index (χ1v) is 10.3. The van der Waals surface area contributed by atoms with E-state index in [2.05, 4.69) is 20.9 Å². The summed E-state index contributed by atoms with van der Waals surface area (Å²) in [6.45, 7) is 2.03. The summed E-state index contributed by atoms with van der Waals surface area (Å²) < 4.78 is 40.2. The van der Waals surface area contributed by atoms with Crippen molar-refractivity contribution >= 4 is 11.8 Å². The minimum absolute atomic E-state index is 0.0372. The number of pyridine rings is 1. The van der Waals surface area contributed by atoms with Crippen LogP contribution in [0.4, 0.5) is 23.8 Å². The Balaban J connectivity index is 1.31. The van der Waals surface area contributed by atoms with Crippen LogP contribution < -0.4 is 10.2 Å². The molecule has 2 aliphatic heterocycles. The molecule has 162 valence electrons. The quantitative estimate of drug-likeness (QED) is 0.817. The van der Waals surface area contributed by atoms with E-state index in [-0.39, 0.29) is 18.1 Å². The first-order chi connectivity index (χ1) is 14.3. The summed E-state index contributed by atoms with van der Waals surface area (Å²) in [5, 5.41) is 3.16. The first-order valence-electron chi connectivity index (χ1n) is 10.3. The van der Waals surface area contributed by atoms with Crippen LogP contribution in [0.25, 0.3) is 0 Å². The molecule has 1 N–H and O–H groups in total. The number of amides is 2. The Morgan fingerprint density at radius 1 is 1.13 bits per heavy atom. The summed E-state index contributed by atoms with van der Waals surface area (Å²) in [4.78, 5) is 20.7. The van der Waals surface area contributed by atoms with Crippen molar-refractivity contribution < 1.29 is 18.0 Å². The van der Waals surface area contributed by atoms with Crippen molar-refractivity contribution in [1.29, 1.82) is 0 Å². The molecule has 30 heavy (non-hydrogen) atoms. The highest BCUT2D eigenvalue weighted by Gasteiger charge is 2.33. The molecule has 0 aliphatic carbocycles. The summed E-state index contributed by atoms with van der Waals surface area (Å²) >= 11 is 0. The van der Waals surface area contributed by atoms with Gasteiger partial charge in [-0.2, -0.15) is 13.2 Å². The third kappa shape index (κ3) is 4.24. The maximum Gasteiger partial charge on any atom is 0.417 e. The Kier molecular flexibility index (Phi) is 5.62. The zero-order valence-corrected chi connectivity index (χ0v) is 16.9. The summed E-state index contributed by atoms with van der Waals surface area (Å²) in [6.07, 6.45) is 1.91. The molecule has 2 aromatic rings. The molecular formula is C21H26F3N5O. The number of aryl methyl sites for hydroxylation is 1. The standard InChI is InChI=1S/C21H26F3N5O/c1-27-10-2-4-17(27)18-5-3-11-29(18)20(30)26-16-8-12-28(13-9-16)19-7-6-15(14-25-19)21(22,23)24/h2,4,6-7,10,14,16,18H,3,5,8-9,11-13H2,1H3,(H,26,30). The fraction of sp³-hybridized carbons (Fsp3) is 0.524. The van der Waals surface area contributed by atoms with E-state index in [1.165, 1.54) is 6.07 Å². The number of piperidine rings is 1. The number of urea groups is 1. The van der Waals surface area contributed by atoms with Gasteiger partial charge in [0.15, 0.2) is 0 Å². The smallest absolute Gasteiger partial charge is 0.356 e. The third-order valence-corrected chi connectivity index (χ3v) is 6.06. The van der Waals surface area contributed by atoms with Gasteiger partial charge in [-0.05, 0) is 49.9 Å². The lowest BCUT2D eigenvalue weighted by Gasteiger charge is -2.35. The maximum absolute atomic E-state index is 12.9. The fourth-order valence-corrected chi connectivity index (χ4v) is 4.39. The average Bonchev–Trinajstić information content (AvgIpc) is 3.36. The van der Waals surface area contributed by atoms with Gasteiger partial charge in [0.25, 0.3) is 0 Å². The van der Waals surface area contributed by atoms with Crippen LogP contribution in [0.1, 0.15) is 43.0 Å². The van der Waals surface area contributed by atoms with E-state index in [9.17, 15) is 18.0 Å². The molecule has 4 rings (SSSR count). The van der Waals surface area contributed by atoms with Crippen LogP contribution in [0.2, 0.25) is 0 Å². The molecule has 0 spiro atoms. The summed E-state index contributed by atoms with van der Waals surface area (Å²) in [6, 6.07) is 6.65. The number of rotatable bonds is 3. The molecule has 0 bridgehead atoms. The molecular weight excluding hydrogens is 395 g/mol. The largest absolute Gasteiger partial charge is 0.417 e. The second-order valence-corrected chi connectivity index (χ2v) is 8.01. The van der Waals surface area contributed by atoms with Crippen molar-refractivity contribution in [3.8, 4) is 0 Å². The zero-order valence-electron chi connectivity index (χ0n) is 16.9. The lowest BCUT2D eigenvalue weighted by Crippen LogP contribution is -2.49. The third-order valence-electron chi connectivity index (χ3n) is 6.06. The number of nitrogens with zero attached hydrogens (tertiary/aromatic N) is 4. The van der Waals surface area contributed by atoms with E-state index in [0.717, 1.165) is 50.2 Å². The van der Waals surface area contributed by atoms with Crippen molar-refractivity contribution in [2.24, 2.45) is 7.05 Å². The molecule has 1 unspecified atom stereocenters. The van der Waals surface area contributed by atoms with Gasteiger partial charge in [-0.15, -0.1) is 0 Å². The van der Waals surface area contributed by atoms with Crippen LogP contribution in [0.3, 0.4) is 0 Å². The number of anilines is 1. The molecule has 2 aromatic heterocycles. The Labute approximate surface area is 173 Å². The van der Waals surface area contributed by atoms with E-state index in [4.69, 9.17) is 0 Å². The second kappa shape index (κ2) is 8.20. The Morgan fingerprint density at radius 3 is 2.50 bits per heavy atom. The molecule has 0 saturated carbocycles. The minimum atomic E-state index is -4.38. The molecule has 1 atom stereocenters. The van der Waals surface area contributed by atoms with Crippen molar-refractivity contribution in [2.45, 2.75) is 43.9 Å². The molecule has 0 radical (unpaired) electrons. The molecule has 0 aromatic carbocycles. The highest BCUT2D eigenvalue weighted by Crippen LogP contribution is 2.32. The maximum atomic E-state index is 12.9. The molecule has 6 nitrogen and oxygen atoms in total. The number of hydrogen-bond acceptors (Lipinski definition) is 3. The molecule has 4 heterocycles. The minimum Gasteiger partial charge on any atom is -0.356 e. The van der Waals surface area contributed by atoms with Crippen LogP contribution in [0, 0.1) is 0 Å². The number of nitrogens with one attached hydrogen (secondary N) is 1.